The van der Waals surface area contributed by atoms with Crippen molar-refractivity contribution in [1.29, 1.82) is 0 Å². The molecule has 2 aromatic heterocycles. The van der Waals surface area contributed by atoms with Gasteiger partial charge in [0.05, 0.1) is 6.10 Å². The van der Waals surface area contributed by atoms with E-state index in [1.165, 1.54) is 21.9 Å². The van der Waals surface area contributed by atoms with Gasteiger partial charge in [0.2, 0.25) is 0 Å². The number of nitrogens with one attached hydrogen (secondary N) is 1. The van der Waals surface area contributed by atoms with Gasteiger partial charge in [-0.3, -0.25) is 14.0 Å². The maximum Gasteiger partial charge on any atom is 0.271 e. The van der Waals surface area contributed by atoms with E-state index >= 15 is 0 Å². The zero-order valence-electron chi connectivity index (χ0n) is 12.3. The van der Waals surface area contributed by atoms with E-state index in [9.17, 15) is 14.7 Å². The lowest BCUT2D eigenvalue weighted by Crippen LogP contribution is -2.34. The van der Waals surface area contributed by atoms with Crippen molar-refractivity contribution in [1.82, 2.24) is 14.7 Å². The Morgan fingerprint density at radius 2 is 2.24 bits per heavy atom. The molecule has 6 nitrogen and oxygen atoms in total. The Bertz CT molecular complexity index is 705. The van der Waals surface area contributed by atoms with Gasteiger partial charge >= 0.3 is 0 Å². The van der Waals surface area contributed by atoms with Crippen LogP contribution < -0.4 is 10.9 Å². The van der Waals surface area contributed by atoms with Crippen molar-refractivity contribution in [3.63, 3.8) is 0 Å². The monoisotopic (exact) mass is 309 g/mol. The molecule has 0 spiro atoms. The minimum absolute atomic E-state index is 0.0400. The molecular formula is C14H19N3O3S. The van der Waals surface area contributed by atoms with Crippen LogP contribution in [0.4, 0.5) is 0 Å². The van der Waals surface area contributed by atoms with Gasteiger partial charge in [0.1, 0.15) is 5.56 Å². The second kappa shape index (κ2) is 6.36. The molecule has 0 bridgehead atoms. The standard InChI is InChI=1S/C14H19N3O3S/c1-8(4-10(3)18)5-15-12(19)11-6-16-14-17(13(11)20)9(2)7-21-14/h6-8,10,18H,4-5H2,1-3H3,(H,15,19). The van der Waals surface area contributed by atoms with Gasteiger partial charge in [0, 0.05) is 23.8 Å². The van der Waals surface area contributed by atoms with E-state index in [1.54, 1.807) is 13.8 Å². The summed E-state index contributed by atoms with van der Waals surface area (Å²) in [7, 11) is 0. The summed E-state index contributed by atoms with van der Waals surface area (Å²) >= 11 is 1.37. The topological polar surface area (TPSA) is 83.7 Å². The second-order valence-corrected chi connectivity index (χ2v) is 6.21. The molecule has 21 heavy (non-hydrogen) atoms. The van der Waals surface area contributed by atoms with Crippen LogP contribution in [0.15, 0.2) is 16.4 Å². The lowest BCUT2D eigenvalue weighted by Gasteiger charge is -2.14. The van der Waals surface area contributed by atoms with Crippen molar-refractivity contribution >= 4 is 22.2 Å². The highest BCUT2D eigenvalue weighted by atomic mass is 32.1. The molecule has 0 radical (unpaired) electrons. The van der Waals surface area contributed by atoms with Gasteiger partial charge in [0.15, 0.2) is 4.96 Å². The molecule has 2 rings (SSSR count). The molecule has 2 aromatic rings. The Morgan fingerprint density at radius 3 is 2.90 bits per heavy atom. The largest absolute Gasteiger partial charge is 0.393 e. The van der Waals surface area contributed by atoms with E-state index in [-0.39, 0.29) is 17.0 Å². The highest BCUT2D eigenvalue weighted by Crippen LogP contribution is 2.11. The number of carbonyl (C=O) groups excluding carboxylic acids is 1. The van der Waals surface area contributed by atoms with Gasteiger partial charge < -0.3 is 10.4 Å². The van der Waals surface area contributed by atoms with Crippen molar-refractivity contribution in [2.75, 3.05) is 6.54 Å². The summed E-state index contributed by atoms with van der Waals surface area (Å²) in [6, 6.07) is 0. The zero-order valence-corrected chi connectivity index (χ0v) is 13.1. The summed E-state index contributed by atoms with van der Waals surface area (Å²) in [6.45, 7) is 5.86. The first-order valence-corrected chi connectivity index (χ1v) is 7.70. The maximum atomic E-state index is 12.3. The molecule has 0 aromatic carbocycles. The third kappa shape index (κ3) is 3.48. The second-order valence-electron chi connectivity index (χ2n) is 5.37. The molecule has 2 unspecified atom stereocenters. The third-order valence-electron chi connectivity index (χ3n) is 3.22. The number of fused-ring (bicyclic) bond motifs is 1. The van der Waals surface area contributed by atoms with E-state index in [4.69, 9.17) is 0 Å². The Morgan fingerprint density at radius 1 is 1.52 bits per heavy atom. The molecular weight excluding hydrogens is 290 g/mol. The Balaban J connectivity index is 2.15. The van der Waals surface area contributed by atoms with E-state index < -0.39 is 12.0 Å². The van der Waals surface area contributed by atoms with Crippen LogP contribution in [0.2, 0.25) is 0 Å². The summed E-state index contributed by atoms with van der Waals surface area (Å²) in [6.07, 6.45) is 1.51. The number of aliphatic hydroxyl groups is 1. The lowest BCUT2D eigenvalue weighted by atomic mass is 10.0. The maximum absolute atomic E-state index is 12.3. The number of carbonyl (C=O) groups is 1. The summed E-state index contributed by atoms with van der Waals surface area (Å²) in [5, 5.41) is 13.9. The fraction of sp³-hybridized carbons (Fsp3) is 0.500. The lowest BCUT2D eigenvalue weighted by molar-refractivity contribution is 0.0937. The Hall–Kier alpha value is -1.73. The number of nitrogens with zero attached hydrogens (tertiary/aromatic N) is 2. The average Bonchev–Trinajstić information content (AvgIpc) is 2.78. The molecule has 7 heteroatoms. The number of aromatic nitrogens is 2. The number of aryl methyl sites for hydroxylation is 1. The normalized spacial score (nSPS) is 14.1. The number of amides is 1. The summed E-state index contributed by atoms with van der Waals surface area (Å²) in [5.74, 6) is -0.291. The van der Waals surface area contributed by atoms with Crippen LogP contribution in [0, 0.1) is 12.8 Å². The van der Waals surface area contributed by atoms with Crippen LogP contribution >= 0.6 is 11.3 Å². The SMILES string of the molecule is Cc1csc2ncc(C(=O)NCC(C)CC(C)O)c(=O)n12. The van der Waals surface area contributed by atoms with Gasteiger partial charge in [-0.1, -0.05) is 6.92 Å². The first-order chi connectivity index (χ1) is 9.90. The molecule has 2 N–H and O–H groups in total. The van der Waals surface area contributed by atoms with E-state index in [0.29, 0.717) is 17.9 Å². The highest BCUT2D eigenvalue weighted by molar-refractivity contribution is 7.15. The Labute approximate surface area is 126 Å². The molecule has 0 saturated heterocycles. The van der Waals surface area contributed by atoms with Crippen LogP contribution in [0.25, 0.3) is 4.96 Å². The first kappa shape index (κ1) is 15.7. The summed E-state index contributed by atoms with van der Waals surface area (Å²) in [5.41, 5.74) is 0.460. The predicted octanol–water partition coefficient (Wildman–Crippen LogP) is 1.20. The molecule has 0 aliphatic rings. The van der Waals surface area contributed by atoms with Crippen molar-refractivity contribution in [3.05, 3.63) is 33.2 Å². The van der Waals surface area contributed by atoms with Crippen LogP contribution in [-0.4, -0.2) is 33.0 Å². The van der Waals surface area contributed by atoms with Crippen LogP contribution in [0.5, 0.6) is 0 Å². The van der Waals surface area contributed by atoms with Gasteiger partial charge in [-0.2, -0.15) is 0 Å². The van der Waals surface area contributed by atoms with E-state index in [2.05, 4.69) is 10.3 Å². The van der Waals surface area contributed by atoms with Crippen LogP contribution in [0.1, 0.15) is 36.3 Å². The number of rotatable bonds is 5. The molecule has 1 amide bonds. The average molecular weight is 309 g/mol. The predicted molar refractivity (Wildman–Crippen MR) is 81.9 cm³/mol. The van der Waals surface area contributed by atoms with Gasteiger partial charge in [0.25, 0.3) is 11.5 Å². The molecule has 2 atom stereocenters. The molecule has 0 fully saturated rings. The summed E-state index contributed by atoms with van der Waals surface area (Å²) < 4.78 is 1.44. The molecule has 2 heterocycles. The molecule has 0 saturated carbocycles. The number of aliphatic hydroxyl groups excluding tert-OH is 1. The van der Waals surface area contributed by atoms with Gasteiger partial charge in [-0.15, -0.1) is 11.3 Å². The number of hydrogen-bond donors (Lipinski definition) is 2. The van der Waals surface area contributed by atoms with E-state index in [0.717, 1.165) is 5.69 Å². The molecule has 0 aliphatic carbocycles. The number of hydrogen-bond acceptors (Lipinski definition) is 5. The van der Waals surface area contributed by atoms with Gasteiger partial charge in [-0.05, 0) is 26.2 Å². The fourth-order valence-corrected chi connectivity index (χ4v) is 3.04. The molecule has 0 aliphatic heterocycles. The minimum atomic E-state index is -0.426. The smallest absolute Gasteiger partial charge is 0.271 e. The van der Waals surface area contributed by atoms with Crippen molar-refractivity contribution < 1.29 is 9.90 Å². The highest BCUT2D eigenvalue weighted by Gasteiger charge is 2.16. The van der Waals surface area contributed by atoms with Crippen LogP contribution in [-0.2, 0) is 0 Å². The van der Waals surface area contributed by atoms with Crippen molar-refractivity contribution in [2.45, 2.75) is 33.3 Å². The summed E-state index contributed by atoms with van der Waals surface area (Å²) in [4.78, 5) is 29.1. The van der Waals surface area contributed by atoms with Gasteiger partial charge in [-0.25, -0.2) is 4.98 Å². The third-order valence-corrected chi connectivity index (χ3v) is 4.17. The number of thiazole rings is 1. The van der Waals surface area contributed by atoms with Crippen LogP contribution in [0.3, 0.4) is 0 Å². The fourth-order valence-electron chi connectivity index (χ4n) is 2.21. The Kier molecular flexibility index (Phi) is 4.74. The quantitative estimate of drug-likeness (QED) is 0.869. The zero-order chi connectivity index (χ0) is 15.6. The van der Waals surface area contributed by atoms with E-state index in [1.807, 2.05) is 12.3 Å². The first-order valence-electron chi connectivity index (χ1n) is 6.82. The van der Waals surface area contributed by atoms with Crippen molar-refractivity contribution in [2.24, 2.45) is 5.92 Å². The minimum Gasteiger partial charge on any atom is -0.393 e. The molecule has 114 valence electrons. The van der Waals surface area contributed by atoms with Crippen molar-refractivity contribution in [3.8, 4) is 0 Å².